The van der Waals surface area contributed by atoms with Gasteiger partial charge in [0.25, 0.3) is 10.0 Å². The van der Waals surface area contributed by atoms with Gasteiger partial charge in [0.1, 0.15) is 4.90 Å². The summed E-state index contributed by atoms with van der Waals surface area (Å²) in [5.41, 5.74) is 1.22. The molecule has 2 N–H and O–H groups in total. The van der Waals surface area contributed by atoms with Crippen LogP contribution in [0.1, 0.15) is 26.5 Å². The van der Waals surface area contributed by atoms with Gasteiger partial charge in [0.05, 0.1) is 11.4 Å². The molecule has 6 nitrogen and oxygen atoms in total. The van der Waals surface area contributed by atoms with Gasteiger partial charge in [-0.15, -0.1) is 11.3 Å². The standard InChI is InChI=1S/C13H18N4O2S2/c1-13(2,3)11-8-20-12(16-11)17-21(18,19)10-7-15-6-5-9(10)14-4/h5-8H,1-4H3,(H,14,15)(H,16,17). The third kappa shape index (κ3) is 3.51. The highest BCUT2D eigenvalue weighted by molar-refractivity contribution is 7.93. The maximum Gasteiger partial charge on any atom is 0.267 e. The molecular formula is C13H18N4O2S2. The summed E-state index contributed by atoms with van der Waals surface area (Å²) in [5.74, 6) is 0. The van der Waals surface area contributed by atoms with Crippen molar-refractivity contribution in [3.05, 3.63) is 29.5 Å². The summed E-state index contributed by atoms with van der Waals surface area (Å²) in [7, 11) is -2.05. The van der Waals surface area contributed by atoms with Crippen LogP contribution >= 0.6 is 11.3 Å². The maximum atomic E-state index is 12.4. The van der Waals surface area contributed by atoms with Crippen LogP contribution < -0.4 is 10.0 Å². The Morgan fingerprint density at radius 3 is 2.57 bits per heavy atom. The first-order valence-corrected chi connectivity index (χ1v) is 8.71. The van der Waals surface area contributed by atoms with E-state index in [2.05, 4.69) is 20.0 Å². The van der Waals surface area contributed by atoms with Crippen LogP contribution in [0.15, 0.2) is 28.7 Å². The van der Waals surface area contributed by atoms with Crippen LogP contribution in [0.25, 0.3) is 0 Å². The van der Waals surface area contributed by atoms with Crippen molar-refractivity contribution in [2.45, 2.75) is 31.1 Å². The van der Waals surface area contributed by atoms with E-state index in [1.165, 1.54) is 23.7 Å². The molecule has 8 heteroatoms. The first-order valence-electron chi connectivity index (χ1n) is 6.34. The van der Waals surface area contributed by atoms with E-state index in [1.54, 1.807) is 13.1 Å². The summed E-state index contributed by atoms with van der Waals surface area (Å²) in [5, 5.41) is 5.05. The molecule has 0 aliphatic carbocycles. The van der Waals surface area contributed by atoms with Crippen molar-refractivity contribution in [3.8, 4) is 0 Å². The number of rotatable bonds is 4. The average Bonchev–Trinajstić information content (AvgIpc) is 2.86. The van der Waals surface area contributed by atoms with Gasteiger partial charge in [-0.05, 0) is 6.07 Å². The smallest absolute Gasteiger partial charge is 0.267 e. The van der Waals surface area contributed by atoms with Crippen LogP contribution in [0.2, 0.25) is 0 Å². The zero-order valence-electron chi connectivity index (χ0n) is 12.3. The molecule has 0 bridgehead atoms. The van der Waals surface area contributed by atoms with Gasteiger partial charge >= 0.3 is 0 Å². The van der Waals surface area contributed by atoms with Crippen LogP contribution in [0, 0.1) is 0 Å². The molecule has 0 aliphatic rings. The predicted octanol–water partition coefficient (Wildman–Crippen LogP) is 2.68. The molecule has 2 aromatic heterocycles. The monoisotopic (exact) mass is 326 g/mol. The molecule has 21 heavy (non-hydrogen) atoms. The maximum absolute atomic E-state index is 12.4. The molecule has 2 aromatic rings. The molecule has 0 aliphatic heterocycles. The number of hydrogen-bond donors (Lipinski definition) is 2. The van der Waals surface area contributed by atoms with Crippen LogP contribution in [0.4, 0.5) is 10.8 Å². The summed E-state index contributed by atoms with van der Waals surface area (Å²) in [6, 6.07) is 1.61. The zero-order valence-corrected chi connectivity index (χ0v) is 14.0. The van der Waals surface area contributed by atoms with Gasteiger partial charge < -0.3 is 5.32 Å². The molecule has 0 amide bonds. The first-order chi connectivity index (χ1) is 9.74. The van der Waals surface area contributed by atoms with E-state index in [0.717, 1.165) is 5.69 Å². The Morgan fingerprint density at radius 2 is 2.00 bits per heavy atom. The lowest BCUT2D eigenvalue weighted by atomic mass is 9.93. The molecule has 0 spiro atoms. The van der Waals surface area contributed by atoms with Gasteiger partial charge in [-0.2, -0.15) is 0 Å². The SMILES string of the molecule is CNc1ccncc1S(=O)(=O)Nc1nc(C(C)(C)C)cs1. The zero-order chi connectivity index (χ0) is 15.7. The molecule has 2 heterocycles. The second-order valence-corrected chi connectivity index (χ2v) is 8.02. The molecule has 0 saturated carbocycles. The minimum Gasteiger partial charge on any atom is -0.387 e. The van der Waals surface area contributed by atoms with Gasteiger partial charge in [-0.1, -0.05) is 20.8 Å². The number of thiazole rings is 1. The Morgan fingerprint density at radius 1 is 1.29 bits per heavy atom. The number of aromatic nitrogens is 2. The fraction of sp³-hybridized carbons (Fsp3) is 0.385. The van der Waals surface area contributed by atoms with Crippen LogP contribution in [0.3, 0.4) is 0 Å². The summed E-state index contributed by atoms with van der Waals surface area (Å²) in [4.78, 5) is 8.30. The Kier molecular flexibility index (Phi) is 4.20. The summed E-state index contributed by atoms with van der Waals surface area (Å²) >= 11 is 1.27. The van der Waals surface area contributed by atoms with E-state index in [1.807, 2.05) is 26.2 Å². The molecule has 0 unspecified atom stereocenters. The normalized spacial score (nSPS) is 12.2. The summed E-state index contributed by atoms with van der Waals surface area (Å²) in [6.45, 7) is 6.08. The van der Waals surface area contributed by atoms with E-state index in [-0.39, 0.29) is 10.3 Å². The largest absolute Gasteiger partial charge is 0.387 e. The Balaban J connectivity index is 2.32. The van der Waals surface area contributed by atoms with Crippen molar-refractivity contribution < 1.29 is 8.42 Å². The third-order valence-electron chi connectivity index (χ3n) is 2.84. The number of sulfonamides is 1. The molecule has 2 rings (SSSR count). The summed E-state index contributed by atoms with van der Waals surface area (Å²) in [6.07, 6.45) is 2.85. The van der Waals surface area contributed by atoms with Gasteiger partial charge in [0, 0.05) is 30.2 Å². The van der Waals surface area contributed by atoms with Crippen molar-refractivity contribution >= 4 is 32.2 Å². The molecule has 0 aromatic carbocycles. The molecule has 0 atom stereocenters. The van der Waals surface area contributed by atoms with Crippen molar-refractivity contribution in [1.82, 2.24) is 9.97 Å². The lowest BCUT2D eigenvalue weighted by Crippen LogP contribution is -2.16. The van der Waals surface area contributed by atoms with Crippen molar-refractivity contribution in [3.63, 3.8) is 0 Å². The van der Waals surface area contributed by atoms with Crippen LogP contribution in [0.5, 0.6) is 0 Å². The van der Waals surface area contributed by atoms with E-state index in [0.29, 0.717) is 10.8 Å². The summed E-state index contributed by atoms with van der Waals surface area (Å²) < 4.78 is 27.3. The highest BCUT2D eigenvalue weighted by Gasteiger charge is 2.22. The molecule has 0 fully saturated rings. The predicted molar refractivity (Wildman–Crippen MR) is 85.4 cm³/mol. The Bertz CT molecular complexity index is 733. The minimum atomic E-state index is -3.72. The quantitative estimate of drug-likeness (QED) is 0.902. The molecular weight excluding hydrogens is 308 g/mol. The van der Waals surface area contributed by atoms with Crippen molar-refractivity contribution in [2.75, 3.05) is 17.1 Å². The van der Waals surface area contributed by atoms with Gasteiger partial charge in [-0.3, -0.25) is 9.71 Å². The van der Waals surface area contributed by atoms with Crippen LogP contribution in [-0.2, 0) is 15.4 Å². The fourth-order valence-corrected chi connectivity index (χ4v) is 3.98. The first kappa shape index (κ1) is 15.7. The molecule has 114 valence electrons. The van der Waals surface area contributed by atoms with Crippen LogP contribution in [-0.4, -0.2) is 25.4 Å². The second kappa shape index (κ2) is 5.61. The van der Waals surface area contributed by atoms with Gasteiger partial charge in [-0.25, -0.2) is 13.4 Å². The molecule has 0 saturated heterocycles. The number of hydrogen-bond acceptors (Lipinski definition) is 6. The van der Waals surface area contributed by atoms with Gasteiger partial charge in [0.2, 0.25) is 0 Å². The van der Waals surface area contributed by atoms with E-state index in [4.69, 9.17) is 0 Å². The number of pyridine rings is 1. The minimum absolute atomic E-state index is 0.0972. The second-order valence-electron chi connectivity index (χ2n) is 5.52. The number of nitrogens with one attached hydrogen (secondary N) is 2. The highest BCUT2D eigenvalue weighted by atomic mass is 32.2. The Labute approximate surface area is 128 Å². The lowest BCUT2D eigenvalue weighted by molar-refractivity contribution is 0.573. The van der Waals surface area contributed by atoms with Crippen molar-refractivity contribution in [2.24, 2.45) is 0 Å². The van der Waals surface area contributed by atoms with E-state index < -0.39 is 10.0 Å². The van der Waals surface area contributed by atoms with E-state index >= 15 is 0 Å². The topological polar surface area (TPSA) is 84.0 Å². The number of anilines is 2. The van der Waals surface area contributed by atoms with Crippen molar-refractivity contribution in [1.29, 1.82) is 0 Å². The Hall–Kier alpha value is -1.67. The average molecular weight is 326 g/mol. The third-order valence-corrected chi connectivity index (χ3v) is 5.09. The molecule has 0 radical (unpaired) electrons. The van der Waals surface area contributed by atoms with E-state index in [9.17, 15) is 8.42 Å². The number of nitrogens with zero attached hydrogens (tertiary/aromatic N) is 2. The lowest BCUT2D eigenvalue weighted by Gasteiger charge is -2.14. The fourth-order valence-electron chi connectivity index (χ4n) is 1.64. The van der Waals surface area contributed by atoms with Gasteiger partial charge in [0.15, 0.2) is 5.13 Å². The highest BCUT2D eigenvalue weighted by Crippen LogP contribution is 2.28.